The molecule has 1 aromatic carbocycles. The van der Waals surface area contributed by atoms with Gasteiger partial charge in [0.1, 0.15) is 17.3 Å². The number of nitrogens with zero attached hydrogens (tertiary/aromatic N) is 3. The molecule has 2 aromatic heterocycles. The zero-order chi connectivity index (χ0) is 24.5. The standard InChI is InChI=1S/C24H34N4O4SSi/c1-31-24(30)20-21(25)22(33-23(20)27-8-7-16(12-27)13-29)17-5-6-19-18(11-17)26-14-28(19)15-32-9-10-34(2,3)4/h5-6,11,14,16,29H,7-10,12-13,15,25H2,1-4H3/t16-/m0/s1. The second-order valence-electron chi connectivity index (χ2n) is 10.1. The first-order valence-corrected chi connectivity index (χ1v) is 16.1. The van der Waals surface area contributed by atoms with Gasteiger partial charge in [0.2, 0.25) is 0 Å². The van der Waals surface area contributed by atoms with Crippen molar-refractivity contribution >= 4 is 47.1 Å². The number of aliphatic hydroxyl groups is 1. The Morgan fingerprint density at radius 3 is 2.82 bits per heavy atom. The maximum absolute atomic E-state index is 12.6. The van der Waals surface area contributed by atoms with Crippen LogP contribution in [0.4, 0.5) is 10.7 Å². The van der Waals surface area contributed by atoms with Crippen LogP contribution in [0.25, 0.3) is 21.5 Å². The SMILES string of the molecule is COC(=O)c1c(N2CC[C@H](CO)C2)sc(-c2ccc3c(c2)ncn3COCC[Si](C)(C)C)c1N. The molecule has 1 atom stereocenters. The third-order valence-electron chi connectivity index (χ3n) is 6.26. The van der Waals surface area contributed by atoms with Crippen LogP contribution in [0.15, 0.2) is 24.5 Å². The highest BCUT2D eigenvalue weighted by molar-refractivity contribution is 7.20. The number of aromatic nitrogens is 2. The monoisotopic (exact) mass is 502 g/mol. The van der Waals surface area contributed by atoms with Crippen LogP contribution in [0.1, 0.15) is 16.8 Å². The molecule has 3 aromatic rings. The number of carbonyl (C=O) groups is 1. The van der Waals surface area contributed by atoms with Gasteiger partial charge in [-0.05, 0) is 30.2 Å². The van der Waals surface area contributed by atoms with Gasteiger partial charge in [-0.25, -0.2) is 9.78 Å². The Kier molecular flexibility index (Phi) is 7.32. The third kappa shape index (κ3) is 5.14. The predicted molar refractivity (Wildman–Crippen MR) is 140 cm³/mol. The number of anilines is 2. The van der Waals surface area contributed by atoms with Crippen molar-refractivity contribution < 1.29 is 19.4 Å². The predicted octanol–water partition coefficient (Wildman–Crippen LogP) is 4.26. The number of nitrogens with two attached hydrogens (primary N) is 1. The first-order valence-electron chi connectivity index (χ1n) is 11.6. The summed E-state index contributed by atoms with van der Waals surface area (Å²) in [7, 11) is 0.246. The van der Waals surface area contributed by atoms with Crippen LogP contribution >= 0.6 is 11.3 Å². The molecule has 0 radical (unpaired) electrons. The fourth-order valence-electron chi connectivity index (χ4n) is 4.18. The first kappa shape index (κ1) is 24.7. The summed E-state index contributed by atoms with van der Waals surface area (Å²) in [5.74, 6) is -0.242. The zero-order valence-corrected chi connectivity index (χ0v) is 22.2. The molecule has 1 aliphatic rings. The molecule has 0 amide bonds. The van der Waals surface area contributed by atoms with Crippen molar-refractivity contribution in [1.82, 2.24) is 9.55 Å². The van der Waals surface area contributed by atoms with Crippen LogP contribution in [-0.2, 0) is 16.2 Å². The molecule has 0 aliphatic carbocycles. The van der Waals surface area contributed by atoms with E-state index >= 15 is 0 Å². The van der Waals surface area contributed by atoms with E-state index in [1.807, 2.05) is 22.8 Å². The number of methoxy groups -OCH3 is 1. The molecule has 184 valence electrons. The van der Waals surface area contributed by atoms with E-state index in [0.29, 0.717) is 24.5 Å². The Morgan fingerprint density at radius 1 is 1.35 bits per heavy atom. The number of imidazole rings is 1. The van der Waals surface area contributed by atoms with Crippen molar-refractivity contribution in [3.63, 3.8) is 0 Å². The molecule has 3 heterocycles. The number of thiophene rings is 1. The second-order valence-corrected chi connectivity index (χ2v) is 16.7. The fourth-order valence-corrected chi connectivity index (χ4v) is 6.18. The second kappa shape index (κ2) is 10.1. The molecular formula is C24H34N4O4SSi. The van der Waals surface area contributed by atoms with Gasteiger partial charge in [0.15, 0.2) is 0 Å². The highest BCUT2D eigenvalue weighted by Gasteiger charge is 2.31. The molecule has 1 saturated heterocycles. The molecule has 1 fully saturated rings. The summed E-state index contributed by atoms with van der Waals surface area (Å²) < 4.78 is 12.9. The lowest BCUT2D eigenvalue weighted by Crippen LogP contribution is -2.22. The van der Waals surface area contributed by atoms with Gasteiger partial charge in [-0.15, -0.1) is 11.3 Å². The number of fused-ring (bicyclic) bond motifs is 1. The Labute approximate surface area is 205 Å². The van der Waals surface area contributed by atoms with E-state index in [0.717, 1.165) is 52.1 Å². The normalized spacial score (nSPS) is 16.5. The number of benzene rings is 1. The molecule has 4 rings (SSSR count). The van der Waals surface area contributed by atoms with Crippen molar-refractivity contribution in [1.29, 1.82) is 0 Å². The molecule has 3 N–H and O–H groups in total. The lowest BCUT2D eigenvalue weighted by atomic mass is 10.1. The van der Waals surface area contributed by atoms with Gasteiger partial charge in [0, 0.05) is 40.3 Å². The van der Waals surface area contributed by atoms with Crippen molar-refractivity contribution in [3.8, 4) is 10.4 Å². The molecule has 0 spiro atoms. The van der Waals surface area contributed by atoms with Crippen LogP contribution in [-0.4, -0.2) is 62.1 Å². The number of hydrogen-bond acceptors (Lipinski definition) is 8. The minimum atomic E-state index is -1.12. The maximum Gasteiger partial charge on any atom is 0.343 e. The quantitative estimate of drug-likeness (QED) is 0.256. The maximum atomic E-state index is 12.6. The van der Waals surface area contributed by atoms with Crippen LogP contribution in [0.5, 0.6) is 0 Å². The minimum Gasteiger partial charge on any atom is -0.465 e. The first-order chi connectivity index (χ1) is 16.2. The van der Waals surface area contributed by atoms with Crippen molar-refractivity contribution in [2.45, 2.75) is 38.8 Å². The van der Waals surface area contributed by atoms with Gasteiger partial charge in [-0.2, -0.15) is 0 Å². The lowest BCUT2D eigenvalue weighted by Gasteiger charge is -2.17. The third-order valence-corrected chi connectivity index (χ3v) is 9.28. The largest absolute Gasteiger partial charge is 0.465 e. The van der Waals surface area contributed by atoms with Gasteiger partial charge >= 0.3 is 5.97 Å². The summed E-state index contributed by atoms with van der Waals surface area (Å²) in [5, 5.41) is 10.3. The molecule has 0 bridgehead atoms. The van der Waals surface area contributed by atoms with Gasteiger partial charge < -0.3 is 29.8 Å². The van der Waals surface area contributed by atoms with Crippen molar-refractivity contribution in [2.75, 3.05) is 44.0 Å². The van der Waals surface area contributed by atoms with Gasteiger partial charge in [-0.3, -0.25) is 0 Å². The van der Waals surface area contributed by atoms with Crippen molar-refractivity contribution in [2.24, 2.45) is 5.92 Å². The minimum absolute atomic E-state index is 0.138. The Morgan fingerprint density at radius 2 is 2.15 bits per heavy atom. The number of nitrogen functional groups attached to an aromatic ring is 1. The summed E-state index contributed by atoms with van der Waals surface area (Å²) in [6.45, 7) is 9.85. The molecule has 34 heavy (non-hydrogen) atoms. The van der Waals surface area contributed by atoms with Gasteiger partial charge in [0.25, 0.3) is 0 Å². The fraction of sp³-hybridized carbons (Fsp3) is 0.500. The topological polar surface area (TPSA) is 103 Å². The zero-order valence-electron chi connectivity index (χ0n) is 20.3. The number of esters is 1. The number of rotatable bonds is 9. The number of ether oxygens (including phenoxy) is 2. The Bertz CT molecular complexity index is 1170. The highest BCUT2D eigenvalue weighted by Crippen LogP contribution is 2.46. The molecule has 1 aliphatic heterocycles. The van der Waals surface area contributed by atoms with Gasteiger partial charge in [-0.1, -0.05) is 25.7 Å². The van der Waals surface area contributed by atoms with E-state index < -0.39 is 14.0 Å². The van der Waals surface area contributed by atoms with E-state index in [-0.39, 0.29) is 12.5 Å². The number of hydrogen-bond donors (Lipinski definition) is 2. The molecule has 0 saturated carbocycles. The Hall–Kier alpha value is -2.40. The van der Waals surface area contributed by atoms with Crippen LogP contribution in [0.3, 0.4) is 0 Å². The number of aliphatic hydroxyl groups excluding tert-OH is 1. The Balaban J connectivity index is 1.60. The van der Waals surface area contributed by atoms with Gasteiger partial charge in [0.05, 0.1) is 35.0 Å². The summed E-state index contributed by atoms with van der Waals surface area (Å²) in [5.41, 5.74) is 10.1. The van der Waals surface area contributed by atoms with Crippen LogP contribution in [0.2, 0.25) is 25.7 Å². The summed E-state index contributed by atoms with van der Waals surface area (Å²) in [6, 6.07) is 7.16. The van der Waals surface area contributed by atoms with Crippen LogP contribution < -0.4 is 10.6 Å². The van der Waals surface area contributed by atoms with Crippen LogP contribution in [0, 0.1) is 5.92 Å². The average Bonchev–Trinajstić information content (AvgIpc) is 3.52. The number of carbonyl (C=O) groups excluding carboxylic acids is 1. The van der Waals surface area contributed by atoms with E-state index in [2.05, 4.69) is 29.5 Å². The van der Waals surface area contributed by atoms with E-state index in [4.69, 9.17) is 15.2 Å². The lowest BCUT2D eigenvalue weighted by molar-refractivity contribution is 0.0603. The molecule has 8 nitrogen and oxygen atoms in total. The smallest absolute Gasteiger partial charge is 0.343 e. The average molecular weight is 503 g/mol. The summed E-state index contributed by atoms with van der Waals surface area (Å²) >= 11 is 1.49. The molecule has 10 heteroatoms. The highest BCUT2D eigenvalue weighted by atomic mass is 32.1. The summed E-state index contributed by atoms with van der Waals surface area (Å²) in [4.78, 5) is 20.1. The van der Waals surface area contributed by atoms with E-state index in [1.165, 1.54) is 18.4 Å². The molecular weight excluding hydrogens is 468 g/mol. The summed E-state index contributed by atoms with van der Waals surface area (Å²) in [6.07, 6.45) is 2.68. The van der Waals surface area contributed by atoms with E-state index in [1.54, 1.807) is 6.33 Å². The van der Waals surface area contributed by atoms with E-state index in [9.17, 15) is 9.90 Å². The molecule has 0 unspecified atom stereocenters. The van der Waals surface area contributed by atoms with Crippen molar-refractivity contribution in [3.05, 3.63) is 30.1 Å².